The topological polar surface area (TPSA) is 47.6 Å². The van der Waals surface area contributed by atoms with Crippen LogP contribution in [0.4, 0.5) is 0 Å². The van der Waals surface area contributed by atoms with Gasteiger partial charge in [-0.05, 0) is 26.8 Å². The summed E-state index contributed by atoms with van der Waals surface area (Å²) in [6, 6.07) is -0.187. The van der Waals surface area contributed by atoms with Gasteiger partial charge in [0.15, 0.2) is 0 Å². The molecule has 0 radical (unpaired) electrons. The Morgan fingerprint density at radius 1 is 1.56 bits per heavy atom. The maximum absolute atomic E-state index is 11.5. The van der Waals surface area contributed by atoms with E-state index in [1.807, 2.05) is 18.7 Å². The number of esters is 1. The van der Waals surface area contributed by atoms with Crippen molar-refractivity contribution in [3.05, 3.63) is 0 Å². The minimum Gasteiger partial charge on any atom is -0.465 e. The number of likely N-dealkylation sites (N-methyl/N-ethyl adjacent to an activating group) is 1. The van der Waals surface area contributed by atoms with Gasteiger partial charge in [0.25, 0.3) is 0 Å². The number of carbonyl (C=O) groups excluding carboxylic acids is 1. The first kappa shape index (κ1) is 13.8. The summed E-state index contributed by atoms with van der Waals surface area (Å²) in [7, 11) is 1.80. The Balaban J connectivity index is 2.24. The van der Waals surface area contributed by atoms with Gasteiger partial charge in [-0.25, -0.2) is 0 Å². The third kappa shape index (κ3) is 4.72. The van der Waals surface area contributed by atoms with Crippen molar-refractivity contribution in [1.82, 2.24) is 5.32 Å². The van der Waals surface area contributed by atoms with Gasteiger partial charge in [-0.15, -0.1) is 0 Å². The fourth-order valence-corrected chi connectivity index (χ4v) is 2.88. The Kier molecular flexibility index (Phi) is 6.84. The smallest absolute Gasteiger partial charge is 0.323 e. The average Bonchev–Trinajstić information content (AvgIpc) is 2.31. The molecular weight excluding hydrogens is 226 g/mol. The fourth-order valence-electron chi connectivity index (χ4n) is 1.59. The lowest BCUT2D eigenvalue weighted by molar-refractivity contribution is -0.144. The summed E-state index contributed by atoms with van der Waals surface area (Å²) < 4.78 is 10.3. The molecule has 1 aliphatic heterocycles. The van der Waals surface area contributed by atoms with Crippen LogP contribution >= 0.6 is 11.8 Å². The molecule has 1 fully saturated rings. The summed E-state index contributed by atoms with van der Waals surface area (Å²) in [4.78, 5) is 11.5. The van der Waals surface area contributed by atoms with Gasteiger partial charge in [-0.3, -0.25) is 4.79 Å². The first-order chi connectivity index (χ1) is 7.77. The van der Waals surface area contributed by atoms with Crippen molar-refractivity contribution in [2.24, 2.45) is 0 Å². The normalized spacial score (nSPS) is 19.4. The van der Waals surface area contributed by atoms with Crippen LogP contribution in [0.1, 0.15) is 19.8 Å². The highest BCUT2D eigenvalue weighted by molar-refractivity contribution is 7.99. The number of nitrogens with one attached hydrogen (secondary N) is 1. The van der Waals surface area contributed by atoms with E-state index in [1.54, 1.807) is 7.05 Å². The molecule has 1 rings (SSSR count). The zero-order valence-electron chi connectivity index (χ0n) is 10.0. The number of thioether (sulfide) groups is 1. The lowest BCUT2D eigenvalue weighted by atomic mass is 10.2. The largest absolute Gasteiger partial charge is 0.465 e. The Morgan fingerprint density at radius 2 is 2.25 bits per heavy atom. The Bertz CT molecular complexity index is 207. The first-order valence-corrected chi connectivity index (χ1v) is 6.86. The van der Waals surface area contributed by atoms with E-state index in [9.17, 15) is 4.79 Å². The molecule has 94 valence electrons. The average molecular weight is 247 g/mol. The molecule has 0 aliphatic carbocycles. The van der Waals surface area contributed by atoms with E-state index in [1.165, 1.54) is 0 Å². The molecule has 1 N–H and O–H groups in total. The Hall–Kier alpha value is -0.260. The lowest BCUT2D eigenvalue weighted by Crippen LogP contribution is -2.38. The van der Waals surface area contributed by atoms with E-state index in [0.29, 0.717) is 11.9 Å². The van der Waals surface area contributed by atoms with Crippen LogP contribution in [0.15, 0.2) is 0 Å². The molecule has 0 bridgehead atoms. The van der Waals surface area contributed by atoms with Gasteiger partial charge in [0, 0.05) is 24.2 Å². The number of hydrogen-bond donors (Lipinski definition) is 1. The SMILES string of the molecule is CCOC(=O)C(CSC1CCOCC1)NC. The van der Waals surface area contributed by atoms with Crippen molar-refractivity contribution >= 4 is 17.7 Å². The van der Waals surface area contributed by atoms with E-state index >= 15 is 0 Å². The molecule has 0 aromatic rings. The molecule has 0 saturated carbocycles. The summed E-state index contributed by atoms with van der Waals surface area (Å²) in [5.74, 6) is 0.629. The first-order valence-electron chi connectivity index (χ1n) is 5.81. The zero-order chi connectivity index (χ0) is 11.8. The quantitative estimate of drug-likeness (QED) is 0.711. The maximum Gasteiger partial charge on any atom is 0.323 e. The van der Waals surface area contributed by atoms with E-state index in [-0.39, 0.29) is 12.0 Å². The molecule has 0 amide bonds. The minimum atomic E-state index is -0.187. The Morgan fingerprint density at radius 3 is 2.81 bits per heavy atom. The summed E-state index contributed by atoms with van der Waals surface area (Å²) >= 11 is 1.84. The summed E-state index contributed by atoms with van der Waals surface area (Å²) in [6.07, 6.45) is 2.17. The van der Waals surface area contributed by atoms with E-state index in [0.717, 1.165) is 31.8 Å². The highest BCUT2D eigenvalue weighted by atomic mass is 32.2. The van der Waals surface area contributed by atoms with Crippen LogP contribution < -0.4 is 5.32 Å². The number of carbonyl (C=O) groups is 1. The third-order valence-corrected chi connectivity index (χ3v) is 4.06. The van der Waals surface area contributed by atoms with Crippen LogP contribution in [0.3, 0.4) is 0 Å². The van der Waals surface area contributed by atoms with Crippen molar-refractivity contribution in [2.45, 2.75) is 31.1 Å². The summed E-state index contributed by atoms with van der Waals surface area (Å²) in [5, 5.41) is 3.62. The molecule has 1 aliphatic rings. The van der Waals surface area contributed by atoms with Crippen LogP contribution in [-0.4, -0.2) is 49.9 Å². The van der Waals surface area contributed by atoms with Crippen molar-refractivity contribution in [1.29, 1.82) is 0 Å². The van der Waals surface area contributed by atoms with Gasteiger partial charge < -0.3 is 14.8 Å². The fraction of sp³-hybridized carbons (Fsp3) is 0.909. The second kappa shape index (κ2) is 7.92. The van der Waals surface area contributed by atoms with E-state index in [4.69, 9.17) is 9.47 Å². The zero-order valence-corrected chi connectivity index (χ0v) is 10.8. The molecule has 5 heteroatoms. The predicted octanol–water partition coefficient (Wildman–Crippen LogP) is 1.05. The van der Waals surface area contributed by atoms with Crippen LogP contribution in [0.5, 0.6) is 0 Å². The third-order valence-electron chi connectivity index (χ3n) is 2.59. The molecule has 1 unspecified atom stereocenters. The molecule has 1 heterocycles. The monoisotopic (exact) mass is 247 g/mol. The lowest BCUT2D eigenvalue weighted by Gasteiger charge is -2.23. The van der Waals surface area contributed by atoms with E-state index in [2.05, 4.69) is 5.32 Å². The predicted molar refractivity (Wildman–Crippen MR) is 65.8 cm³/mol. The second-order valence-electron chi connectivity index (χ2n) is 3.74. The second-order valence-corrected chi connectivity index (χ2v) is 5.07. The molecular formula is C11H21NO3S. The molecule has 0 aromatic heterocycles. The summed E-state index contributed by atoms with van der Waals surface area (Å²) in [6.45, 7) is 3.97. The molecule has 0 spiro atoms. The number of rotatable bonds is 6. The number of ether oxygens (including phenoxy) is 2. The molecule has 1 saturated heterocycles. The van der Waals surface area contributed by atoms with Crippen molar-refractivity contribution in [2.75, 3.05) is 32.6 Å². The van der Waals surface area contributed by atoms with Crippen LogP contribution in [0.25, 0.3) is 0 Å². The van der Waals surface area contributed by atoms with Gasteiger partial charge in [0.2, 0.25) is 0 Å². The highest BCUT2D eigenvalue weighted by Crippen LogP contribution is 2.22. The van der Waals surface area contributed by atoms with Crippen molar-refractivity contribution in [3.63, 3.8) is 0 Å². The van der Waals surface area contributed by atoms with Crippen LogP contribution in [0.2, 0.25) is 0 Å². The van der Waals surface area contributed by atoms with Crippen LogP contribution in [0, 0.1) is 0 Å². The van der Waals surface area contributed by atoms with Crippen LogP contribution in [-0.2, 0) is 14.3 Å². The molecule has 4 nitrogen and oxygen atoms in total. The van der Waals surface area contributed by atoms with Gasteiger partial charge in [0.1, 0.15) is 6.04 Å². The summed E-state index contributed by atoms with van der Waals surface area (Å²) in [5.41, 5.74) is 0. The van der Waals surface area contributed by atoms with Crippen molar-refractivity contribution < 1.29 is 14.3 Å². The van der Waals surface area contributed by atoms with Gasteiger partial charge in [0.05, 0.1) is 6.61 Å². The van der Waals surface area contributed by atoms with E-state index < -0.39 is 0 Å². The highest BCUT2D eigenvalue weighted by Gasteiger charge is 2.21. The molecule has 1 atom stereocenters. The van der Waals surface area contributed by atoms with Gasteiger partial charge in [-0.2, -0.15) is 11.8 Å². The van der Waals surface area contributed by atoms with Gasteiger partial charge >= 0.3 is 5.97 Å². The molecule has 16 heavy (non-hydrogen) atoms. The molecule has 0 aromatic carbocycles. The maximum atomic E-state index is 11.5. The van der Waals surface area contributed by atoms with Crippen molar-refractivity contribution in [3.8, 4) is 0 Å². The Labute approximate surface area is 101 Å². The number of hydrogen-bond acceptors (Lipinski definition) is 5. The minimum absolute atomic E-state index is 0.149. The standard InChI is InChI=1S/C11H21NO3S/c1-3-15-11(13)10(12-2)8-16-9-4-6-14-7-5-9/h9-10,12H,3-8H2,1-2H3. The van der Waals surface area contributed by atoms with Gasteiger partial charge in [-0.1, -0.05) is 0 Å².